The van der Waals surface area contributed by atoms with E-state index in [9.17, 15) is 9.59 Å². The fourth-order valence-corrected chi connectivity index (χ4v) is 3.08. The summed E-state index contributed by atoms with van der Waals surface area (Å²) in [6.45, 7) is 0.570. The molecule has 2 N–H and O–H groups in total. The van der Waals surface area contributed by atoms with Crippen molar-refractivity contribution in [3.8, 4) is 0 Å². The third kappa shape index (κ3) is 2.68. The van der Waals surface area contributed by atoms with E-state index in [0.29, 0.717) is 11.4 Å². The van der Waals surface area contributed by atoms with E-state index >= 15 is 0 Å². The largest absolute Gasteiger partial charge is 0.329 e. The Bertz CT molecular complexity index is 481. The molecule has 2 amide bonds. The second kappa shape index (κ2) is 5.73. The number of amides is 2. The summed E-state index contributed by atoms with van der Waals surface area (Å²) in [4.78, 5) is 24.9. The average molecular weight is 285 g/mol. The molecule has 1 atom stereocenters. The van der Waals surface area contributed by atoms with Crippen molar-refractivity contribution < 1.29 is 9.59 Å². The standard InChI is InChI=1S/C12H13ClN2O2S/c13-9-4-2-1-3-8(9)7-10-11(16)15(6-5-14)12(17)18-10/h1-4,10H,5-7,14H2/t10-/m0/s1. The van der Waals surface area contributed by atoms with Gasteiger partial charge in [0.05, 0.1) is 5.25 Å². The van der Waals surface area contributed by atoms with Crippen molar-refractivity contribution >= 4 is 34.5 Å². The number of carbonyl (C=O) groups is 2. The van der Waals surface area contributed by atoms with Gasteiger partial charge >= 0.3 is 0 Å². The lowest BCUT2D eigenvalue weighted by molar-refractivity contribution is -0.126. The summed E-state index contributed by atoms with van der Waals surface area (Å²) in [5.41, 5.74) is 6.26. The van der Waals surface area contributed by atoms with E-state index in [4.69, 9.17) is 17.3 Å². The number of benzene rings is 1. The Hall–Kier alpha value is -1.04. The molecular formula is C12H13ClN2O2S. The van der Waals surface area contributed by atoms with E-state index in [2.05, 4.69) is 0 Å². The molecule has 0 saturated carbocycles. The third-order valence-electron chi connectivity index (χ3n) is 2.72. The summed E-state index contributed by atoms with van der Waals surface area (Å²) >= 11 is 7.09. The van der Waals surface area contributed by atoms with Crippen molar-refractivity contribution in [3.05, 3.63) is 34.9 Å². The van der Waals surface area contributed by atoms with Gasteiger partial charge in [-0.3, -0.25) is 14.5 Å². The van der Waals surface area contributed by atoms with Gasteiger partial charge in [0.2, 0.25) is 5.91 Å². The SMILES string of the molecule is NCCN1C(=O)S[C@@H](Cc2ccccc2Cl)C1=O. The molecule has 0 bridgehead atoms. The van der Waals surface area contributed by atoms with Gasteiger partial charge in [0, 0.05) is 18.1 Å². The molecule has 1 aromatic carbocycles. The van der Waals surface area contributed by atoms with E-state index in [0.717, 1.165) is 17.3 Å². The Kier molecular flexibility index (Phi) is 4.27. The molecule has 2 rings (SSSR count). The normalized spacial score (nSPS) is 19.7. The fraction of sp³-hybridized carbons (Fsp3) is 0.333. The summed E-state index contributed by atoms with van der Waals surface area (Å²) in [5.74, 6) is -0.171. The van der Waals surface area contributed by atoms with Crippen LogP contribution in [0.2, 0.25) is 5.02 Å². The van der Waals surface area contributed by atoms with Crippen molar-refractivity contribution in [2.24, 2.45) is 5.73 Å². The number of halogens is 1. The van der Waals surface area contributed by atoms with Crippen molar-refractivity contribution in [2.75, 3.05) is 13.1 Å². The predicted octanol–water partition coefficient (Wildman–Crippen LogP) is 1.91. The third-order valence-corrected chi connectivity index (χ3v) is 4.16. The highest BCUT2D eigenvalue weighted by molar-refractivity contribution is 8.15. The molecule has 1 heterocycles. The lowest BCUT2D eigenvalue weighted by atomic mass is 10.1. The zero-order chi connectivity index (χ0) is 13.1. The zero-order valence-electron chi connectivity index (χ0n) is 9.64. The van der Waals surface area contributed by atoms with E-state index in [1.807, 2.05) is 18.2 Å². The second-order valence-corrected chi connectivity index (χ2v) is 5.51. The van der Waals surface area contributed by atoms with Crippen LogP contribution in [-0.4, -0.2) is 34.4 Å². The lowest BCUT2D eigenvalue weighted by Crippen LogP contribution is -2.36. The number of imide groups is 1. The maximum Gasteiger partial charge on any atom is 0.289 e. The van der Waals surface area contributed by atoms with Crippen LogP contribution in [0.15, 0.2) is 24.3 Å². The average Bonchev–Trinajstić information content (AvgIpc) is 2.60. The van der Waals surface area contributed by atoms with E-state index in [1.165, 1.54) is 4.90 Å². The molecule has 4 nitrogen and oxygen atoms in total. The van der Waals surface area contributed by atoms with Crippen molar-refractivity contribution in [1.82, 2.24) is 4.90 Å². The molecule has 1 saturated heterocycles. The molecule has 0 aliphatic carbocycles. The zero-order valence-corrected chi connectivity index (χ0v) is 11.2. The van der Waals surface area contributed by atoms with Crippen molar-refractivity contribution in [3.63, 3.8) is 0 Å². The minimum absolute atomic E-state index is 0.171. The highest BCUT2D eigenvalue weighted by atomic mass is 35.5. The molecule has 18 heavy (non-hydrogen) atoms. The lowest BCUT2D eigenvalue weighted by Gasteiger charge is -2.12. The van der Waals surface area contributed by atoms with E-state index < -0.39 is 0 Å². The predicted molar refractivity (Wildman–Crippen MR) is 72.7 cm³/mol. The molecule has 0 aromatic heterocycles. The Balaban J connectivity index is 2.10. The van der Waals surface area contributed by atoms with Gasteiger partial charge in [-0.05, 0) is 18.1 Å². The van der Waals surface area contributed by atoms with E-state index in [1.54, 1.807) is 6.07 Å². The second-order valence-electron chi connectivity index (χ2n) is 3.95. The molecule has 96 valence electrons. The molecule has 1 fully saturated rings. The Morgan fingerprint density at radius 1 is 1.33 bits per heavy atom. The molecule has 0 radical (unpaired) electrons. The Morgan fingerprint density at radius 3 is 2.72 bits per heavy atom. The van der Waals surface area contributed by atoms with Crippen LogP contribution >= 0.6 is 23.4 Å². The fourth-order valence-electron chi connectivity index (χ4n) is 1.82. The molecule has 0 unspecified atom stereocenters. The molecule has 0 spiro atoms. The molecule has 1 aromatic rings. The first-order valence-corrected chi connectivity index (χ1v) is 6.84. The smallest absolute Gasteiger partial charge is 0.289 e. The molecule has 1 aliphatic heterocycles. The number of nitrogens with zero attached hydrogens (tertiary/aromatic N) is 1. The van der Waals surface area contributed by atoms with Crippen LogP contribution in [0.1, 0.15) is 5.56 Å². The number of carbonyl (C=O) groups excluding carboxylic acids is 2. The Labute approximate surface area is 114 Å². The highest BCUT2D eigenvalue weighted by Gasteiger charge is 2.39. The van der Waals surface area contributed by atoms with Crippen LogP contribution in [0.3, 0.4) is 0 Å². The number of hydrogen-bond donors (Lipinski definition) is 1. The number of nitrogens with two attached hydrogens (primary N) is 1. The van der Waals surface area contributed by atoms with Gasteiger partial charge in [-0.25, -0.2) is 0 Å². The highest BCUT2D eigenvalue weighted by Crippen LogP contribution is 2.30. The number of thioether (sulfide) groups is 1. The van der Waals surface area contributed by atoms with Gasteiger partial charge in [0.25, 0.3) is 5.24 Å². The van der Waals surface area contributed by atoms with Crippen LogP contribution in [-0.2, 0) is 11.2 Å². The van der Waals surface area contributed by atoms with Crippen LogP contribution in [0.5, 0.6) is 0 Å². The van der Waals surface area contributed by atoms with Gasteiger partial charge in [-0.15, -0.1) is 0 Å². The minimum Gasteiger partial charge on any atom is -0.329 e. The Morgan fingerprint density at radius 2 is 2.06 bits per heavy atom. The van der Waals surface area contributed by atoms with E-state index in [-0.39, 0.29) is 29.5 Å². The monoisotopic (exact) mass is 284 g/mol. The first kappa shape index (κ1) is 13.4. The minimum atomic E-state index is -0.385. The summed E-state index contributed by atoms with van der Waals surface area (Å²) < 4.78 is 0. The molecule has 6 heteroatoms. The first-order chi connectivity index (χ1) is 8.63. The van der Waals surface area contributed by atoms with Gasteiger partial charge in [-0.1, -0.05) is 41.6 Å². The maximum atomic E-state index is 12.0. The van der Waals surface area contributed by atoms with Gasteiger partial charge < -0.3 is 5.73 Å². The maximum absolute atomic E-state index is 12.0. The topological polar surface area (TPSA) is 63.4 Å². The van der Waals surface area contributed by atoms with Crippen LogP contribution in [0.4, 0.5) is 4.79 Å². The van der Waals surface area contributed by atoms with Crippen LogP contribution in [0, 0.1) is 0 Å². The van der Waals surface area contributed by atoms with Crippen LogP contribution in [0.25, 0.3) is 0 Å². The summed E-state index contributed by atoms with van der Waals surface area (Å²) in [5, 5.41) is 0.0158. The van der Waals surface area contributed by atoms with Crippen molar-refractivity contribution in [1.29, 1.82) is 0 Å². The summed E-state index contributed by atoms with van der Waals surface area (Å²) in [6, 6.07) is 7.35. The summed E-state index contributed by atoms with van der Waals surface area (Å²) in [6.07, 6.45) is 0.468. The number of rotatable bonds is 4. The molecular weight excluding hydrogens is 272 g/mol. The quantitative estimate of drug-likeness (QED) is 0.917. The van der Waals surface area contributed by atoms with Crippen LogP contribution < -0.4 is 5.73 Å². The van der Waals surface area contributed by atoms with Gasteiger partial charge in [0.1, 0.15) is 0 Å². The van der Waals surface area contributed by atoms with Crippen molar-refractivity contribution in [2.45, 2.75) is 11.7 Å². The van der Waals surface area contributed by atoms with Gasteiger partial charge in [0.15, 0.2) is 0 Å². The first-order valence-electron chi connectivity index (χ1n) is 5.59. The number of hydrogen-bond acceptors (Lipinski definition) is 4. The molecule has 1 aliphatic rings. The van der Waals surface area contributed by atoms with Gasteiger partial charge in [-0.2, -0.15) is 0 Å². The summed E-state index contributed by atoms with van der Waals surface area (Å²) in [7, 11) is 0.